The molecule has 0 radical (unpaired) electrons. The van der Waals surface area contributed by atoms with Crippen LogP contribution in [0.3, 0.4) is 0 Å². The van der Waals surface area contributed by atoms with Crippen LogP contribution in [0.5, 0.6) is 0 Å². The zero-order chi connectivity index (χ0) is 15.5. The van der Waals surface area contributed by atoms with Crippen molar-refractivity contribution in [1.29, 1.82) is 0 Å². The molecule has 3 rings (SSSR count). The van der Waals surface area contributed by atoms with E-state index in [0.29, 0.717) is 23.2 Å². The van der Waals surface area contributed by atoms with Gasteiger partial charge in [-0.2, -0.15) is 0 Å². The fourth-order valence-electron chi connectivity index (χ4n) is 2.31. The Bertz CT molecular complexity index is 800. The van der Waals surface area contributed by atoms with Gasteiger partial charge in [0, 0.05) is 17.3 Å². The topological polar surface area (TPSA) is 104 Å². The zero-order valence-electron chi connectivity index (χ0n) is 12.3. The highest BCUT2D eigenvalue weighted by Gasteiger charge is 2.18. The van der Waals surface area contributed by atoms with Gasteiger partial charge in [-0.25, -0.2) is 15.0 Å². The maximum Gasteiger partial charge on any atom is 0.303 e. The fourth-order valence-corrected chi connectivity index (χ4v) is 2.31. The molecule has 0 unspecified atom stereocenters. The third kappa shape index (κ3) is 2.87. The molecule has 0 aromatic carbocycles. The molecule has 110 valence electrons. The maximum atomic E-state index is 5.91. The smallest absolute Gasteiger partial charge is 0.303 e. The fraction of sp³-hybridized carbons (Fsp3) is 0.188. The van der Waals surface area contributed by atoms with Crippen molar-refractivity contribution in [2.24, 2.45) is 16.5 Å². The molecule has 1 aliphatic heterocycles. The Labute approximate surface area is 128 Å². The van der Waals surface area contributed by atoms with Crippen LogP contribution in [0.15, 0.2) is 28.9 Å². The highest BCUT2D eigenvalue weighted by molar-refractivity contribution is 6.16. The lowest BCUT2D eigenvalue weighted by Gasteiger charge is -2.12. The van der Waals surface area contributed by atoms with Gasteiger partial charge in [0.2, 0.25) is 0 Å². The lowest BCUT2D eigenvalue weighted by molar-refractivity contribution is 0.900. The molecule has 2 aliphatic rings. The zero-order valence-corrected chi connectivity index (χ0v) is 12.3. The van der Waals surface area contributed by atoms with Crippen molar-refractivity contribution in [3.8, 4) is 0 Å². The van der Waals surface area contributed by atoms with Crippen molar-refractivity contribution in [1.82, 2.24) is 14.6 Å². The number of aryl methyl sites for hydroxylation is 1. The second kappa shape index (κ2) is 5.79. The van der Waals surface area contributed by atoms with E-state index in [-0.39, 0.29) is 0 Å². The molecule has 0 amide bonds. The number of rotatable bonds is 3. The average Bonchev–Trinajstić information content (AvgIpc) is 3.00. The third-order valence-corrected chi connectivity index (χ3v) is 3.26. The Morgan fingerprint density at radius 3 is 2.95 bits per heavy atom. The summed E-state index contributed by atoms with van der Waals surface area (Å²) in [6.45, 7) is 1.76. The molecule has 1 aliphatic carbocycles. The van der Waals surface area contributed by atoms with Crippen LogP contribution in [-0.2, 0) is 6.42 Å². The number of amidine groups is 1. The molecule has 0 saturated heterocycles. The van der Waals surface area contributed by atoms with Gasteiger partial charge in [0.25, 0.3) is 6.21 Å². The van der Waals surface area contributed by atoms with Crippen molar-refractivity contribution >= 4 is 35.7 Å². The molecule has 2 heterocycles. The van der Waals surface area contributed by atoms with Crippen LogP contribution < -0.4 is 16.1 Å². The summed E-state index contributed by atoms with van der Waals surface area (Å²) in [6, 6.07) is 0. The maximum absolute atomic E-state index is 5.91. The lowest BCUT2D eigenvalue weighted by Crippen LogP contribution is -2.12. The molecule has 22 heavy (non-hydrogen) atoms. The summed E-state index contributed by atoms with van der Waals surface area (Å²) in [5, 5.41) is 0. The van der Waals surface area contributed by atoms with Crippen LogP contribution in [0, 0.1) is 0 Å². The number of aliphatic imine (C=N–C) groups is 1. The number of aromatic nitrogens is 2. The van der Waals surface area contributed by atoms with Crippen molar-refractivity contribution in [2.45, 2.75) is 19.8 Å². The minimum absolute atomic E-state index is 0.325. The summed E-state index contributed by atoms with van der Waals surface area (Å²) in [6.07, 6.45) is 12.9. The van der Waals surface area contributed by atoms with Crippen LogP contribution in [0.2, 0.25) is 0 Å². The standard InChI is InChI=1S/C16H17N6/c1-10(17)8-14(18)21-16-12-4-2-3-5-13(12)20-15(22-16)11-6-7-19-9-11/h2,4,6-9H,3,5,17H2,1H3,(H2,18,20,21,22)/q+1/b10-8-. The molecule has 1 aromatic rings. The molecule has 0 bridgehead atoms. The van der Waals surface area contributed by atoms with Gasteiger partial charge in [-0.05, 0) is 25.8 Å². The van der Waals surface area contributed by atoms with Gasteiger partial charge in [0.05, 0.1) is 5.69 Å². The first-order valence-electron chi connectivity index (χ1n) is 7.06. The monoisotopic (exact) mass is 293 g/mol. The van der Waals surface area contributed by atoms with Crippen molar-refractivity contribution in [3.05, 3.63) is 41.0 Å². The van der Waals surface area contributed by atoms with Gasteiger partial charge in [0.1, 0.15) is 11.4 Å². The van der Waals surface area contributed by atoms with Crippen LogP contribution in [0.1, 0.15) is 30.4 Å². The molecule has 1 aromatic heterocycles. The summed E-state index contributed by atoms with van der Waals surface area (Å²) in [5.41, 5.74) is 14.9. The Kier molecular flexibility index (Phi) is 3.68. The van der Waals surface area contributed by atoms with Gasteiger partial charge in [-0.15, -0.1) is 4.67 Å². The highest BCUT2D eigenvalue weighted by atomic mass is 15.0. The quantitative estimate of drug-likeness (QED) is 0.490. The largest absolute Gasteiger partial charge is 0.402 e. The van der Waals surface area contributed by atoms with E-state index in [4.69, 9.17) is 11.5 Å². The molecule has 6 nitrogen and oxygen atoms in total. The minimum Gasteiger partial charge on any atom is -0.402 e. The molecule has 6 heteroatoms. The van der Waals surface area contributed by atoms with Gasteiger partial charge < -0.3 is 11.5 Å². The summed E-state index contributed by atoms with van der Waals surface area (Å²) >= 11 is 0. The summed E-state index contributed by atoms with van der Waals surface area (Å²) in [4.78, 5) is 13.6. The van der Waals surface area contributed by atoms with E-state index in [9.17, 15) is 0 Å². The van der Waals surface area contributed by atoms with E-state index in [1.807, 2.05) is 12.2 Å². The molecule has 0 saturated carbocycles. The van der Waals surface area contributed by atoms with Gasteiger partial charge in [0.15, 0.2) is 11.6 Å². The van der Waals surface area contributed by atoms with Crippen molar-refractivity contribution in [3.63, 3.8) is 0 Å². The third-order valence-electron chi connectivity index (χ3n) is 3.26. The predicted molar refractivity (Wildman–Crippen MR) is 90.9 cm³/mol. The minimum atomic E-state index is 0.325. The number of hydrogen-bond donors (Lipinski definition) is 2. The number of hydrogen-bond acceptors (Lipinski definition) is 4. The van der Waals surface area contributed by atoms with Crippen LogP contribution >= 0.6 is 0 Å². The second-order valence-electron chi connectivity index (χ2n) is 5.15. The Balaban J connectivity index is 2.11. The van der Waals surface area contributed by atoms with Gasteiger partial charge in [-0.1, -0.05) is 12.2 Å². The Morgan fingerprint density at radius 2 is 2.23 bits per heavy atom. The summed E-state index contributed by atoms with van der Waals surface area (Å²) in [5.74, 6) is 1.50. The SMILES string of the molecule is C/C(N)=C/C(N)=Nc1nc(C2=CC=[N+]=C2)nc2c1C=CCC2. The summed E-state index contributed by atoms with van der Waals surface area (Å²) in [7, 11) is 0. The Morgan fingerprint density at radius 1 is 1.36 bits per heavy atom. The Hall–Kier alpha value is -2.98. The van der Waals surface area contributed by atoms with E-state index in [1.54, 1.807) is 25.4 Å². The van der Waals surface area contributed by atoms with Crippen LogP contribution in [0.25, 0.3) is 11.6 Å². The molecule has 0 fully saturated rings. The molecular weight excluding hydrogens is 276 g/mol. The summed E-state index contributed by atoms with van der Waals surface area (Å²) < 4.78 is 4.06. The molecular formula is C16H17N6+. The second-order valence-corrected chi connectivity index (χ2v) is 5.15. The number of allylic oxidation sites excluding steroid dienone is 4. The lowest BCUT2D eigenvalue weighted by atomic mass is 10.0. The number of nitrogens with zero attached hydrogens (tertiary/aromatic N) is 4. The molecule has 4 N–H and O–H groups in total. The van der Waals surface area contributed by atoms with Crippen LogP contribution in [-0.4, -0.2) is 28.2 Å². The average molecular weight is 293 g/mol. The molecule has 0 spiro atoms. The van der Waals surface area contributed by atoms with E-state index in [0.717, 1.165) is 29.7 Å². The van der Waals surface area contributed by atoms with Gasteiger partial charge in [-0.3, -0.25) is 0 Å². The first kappa shape index (κ1) is 14.0. The van der Waals surface area contributed by atoms with E-state index in [1.165, 1.54) is 0 Å². The van der Waals surface area contributed by atoms with E-state index < -0.39 is 0 Å². The van der Waals surface area contributed by atoms with Gasteiger partial charge >= 0.3 is 6.21 Å². The van der Waals surface area contributed by atoms with E-state index >= 15 is 0 Å². The first-order valence-corrected chi connectivity index (χ1v) is 7.06. The number of fused-ring (bicyclic) bond motifs is 1. The molecule has 0 atom stereocenters. The van der Waals surface area contributed by atoms with E-state index in [2.05, 4.69) is 25.7 Å². The first-order chi connectivity index (χ1) is 10.6. The highest BCUT2D eigenvalue weighted by Crippen LogP contribution is 2.27. The normalized spacial score (nSPS) is 16.9. The predicted octanol–water partition coefficient (Wildman–Crippen LogP) is 0.893. The van der Waals surface area contributed by atoms with Crippen molar-refractivity contribution in [2.75, 3.05) is 0 Å². The number of nitrogens with two attached hydrogens (primary N) is 2. The van der Waals surface area contributed by atoms with Crippen LogP contribution in [0.4, 0.5) is 5.82 Å². The van der Waals surface area contributed by atoms with Crippen molar-refractivity contribution < 1.29 is 0 Å².